The van der Waals surface area contributed by atoms with Gasteiger partial charge in [-0.1, -0.05) is 5.21 Å². The van der Waals surface area contributed by atoms with E-state index in [0.29, 0.717) is 57.7 Å². The van der Waals surface area contributed by atoms with Crippen molar-refractivity contribution in [1.29, 1.82) is 0 Å². The number of rotatable bonds is 6. The summed E-state index contributed by atoms with van der Waals surface area (Å²) in [6.07, 6.45) is 3.60. The monoisotopic (exact) mass is 525 g/mol. The van der Waals surface area contributed by atoms with Crippen LogP contribution in [0.2, 0.25) is 0 Å². The molecule has 2 aromatic heterocycles. The van der Waals surface area contributed by atoms with Gasteiger partial charge in [-0.25, -0.2) is 14.1 Å². The third kappa shape index (κ3) is 4.49. The second-order valence-electron chi connectivity index (χ2n) is 8.53. The molecule has 0 spiro atoms. The van der Waals surface area contributed by atoms with Crippen LogP contribution in [0.25, 0.3) is 11.0 Å². The first-order chi connectivity index (χ1) is 15.3. The van der Waals surface area contributed by atoms with Crippen molar-refractivity contribution in [2.24, 2.45) is 5.92 Å². The van der Waals surface area contributed by atoms with Gasteiger partial charge >= 0.3 is 0 Å². The van der Waals surface area contributed by atoms with E-state index in [1.807, 2.05) is 23.7 Å². The fraction of sp³-hybridized carbons (Fsp3) is 0.476. The van der Waals surface area contributed by atoms with Crippen molar-refractivity contribution in [1.82, 2.24) is 24.9 Å². The Morgan fingerprint density at radius 2 is 2.03 bits per heavy atom. The smallest absolute Gasteiger partial charge is 0.224 e. The van der Waals surface area contributed by atoms with Gasteiger partial charge in [0.1, 0.15) is 17.1 Å². The second kappa shape index (κ2) is 8.53. The molecule has 1 aromatic carbocycles. The van der Waals surface area contributed by atoms with Crippen molar-refractivity contribution in [2.75, 3.05) is 24.6 Å². The van der Waals surface area contributed by atoms with Crippen LogP contribution in [0.4, 0.5) is 4.39 Å². The molecule has 1 saturated carbocycles. The first-order valence-corrected chi connectivity index (χ1v) is 13.3. The van der Waals surface area contributed by atoms with E-state index in [1.54, 1.807) is 0 Å². The lowest BCUT2D eigenvalue weighted by atomic mass is 10.1. The molecule has 2 N–H and O–H groups in total. The number of fused-ring (bicyclic) bond motifs is 1. The van der Waals surface area contributed by atoms with Gasteiger partial charge in [0, 0.05) is 31.2 Å². The minimum absolute atomic E-state index is 0.203. The minimum Gasteiger partial charge on any atom is -0.437 e. The summed E-state index contributed by atoms with van der Waals surface area (Å²) < 4.78 is 42.6. The van der Waals surface area contributed by atoms with E-state index >= 15 is 0 Å². The number of halogens is 2. The summed E-state index contributed by atoms with van der Waals surface area (Å²) in [5.41, 5.74) is 2.25. The largest absolute Gasteiger partial charge is 0.437 e. The van der Waals surface area contributed by atoms with E-state index in [9.17, 15) is 13.5 Å². The van der Waals surface area contributed by atoms with Gasteiger partial charge in [-0.05, 0) is 59.8 Å². The van der Waals surface area contributed by atoms with Gasteiger partial charge in [-0.2, -0.15) is 10.6 Å². The van der Waals surface area contributed by atoms with Gasteiger partial charge in [0.05, 0.1) is 27.7 Å². The van der Waals surface area contributed by atoms with Crippen LogP contribution < -0.4 is 4.74 Å². The highest BCUT2D eigenvalue weighted by Crippen LogP contribution is 2.43. The number of hydrogen-bond donors (Lipinski definition) is 2. The first-order valence-electron chi connectivity index (χ1n) is 10.6. The van der Waals surface area contributed by atoms with E-state index in [0.717, 1.165) is 18.3 Å². The molecular formula is C21H25BrFN5O3S. The second-order valence-corrected chi connectivity index (χ2v) is 11.7. The van der Waals surface area contributed by atoms with Crippen molar-refractivity contribution in [2.45, 2.75) is 32.4 Å². The van der Waals surface area contributed by atoms with E-state index in [4.69, 9.17) is 4.74 Å². The lowest BCUT2D eigenvalue weighted by Gasteiger charge is -2.43. The Morgan fingerprint density at radius 3 is 2.75 bits per heavy atom. The molecule has 2 fully saturated rings. The van der Waals surface area contributed by atoms with Gasteiger partial charge in [-0.15, -0.1) is 5.10 Å². The highest BCUT2D eigenvalue weighted by atomic mass is 79.9. The summed E-state index contributed by atoms with van der Waals surface area (Å²) in [4.78, 5) is 6.30. The van der Waals surface area contributed by atoms with Crippen molar-refractivity contribution in [3.63, 3.8) is 0 Å². The molecule has 8 nitrogen and oxygen atoms in total. The predicted octanol–water partition coefficient (Wildman–Crippen LogP) is 5.06. The minimum atomic E-state index is -2.51. The number of nitrogens with zero attached hydrogens (tertiary/aromatic N) is 5. The molecule has 5 rings (SSSR count). The molecule has 1 saturated heterocycles. The summed E-state index contributed by atoms with van der Waals surface area (Å²) in [6, 6.07) is 5.00. The van der Waals surface area contributed by atoms with Crippen LogP contribution in [-0.4, -0.2) is 58.6 Å². The van der Waals surface area contributed by atoms with Gasteiger partial charge < -0.3 is 4.74 Å². The Balaban J connectivity index is 1.42. The van der Waals surface area contributed by atoms with E-state index in [1.165, 1.54) is 18.9 Å². The standard InChI is InChI=1S/C21H25BrFN5O3S/c1-13(27-6-8-32(29,30)9-7-27)16-10-15(23)11-24-21(16)31-18-5-4-17-20(19(18)22)25-26-28(17)12-14-2-3-14/h4-5,10-11,13-14,29-30H,2-3,6-9,12H2,1H3. The number of pyridine rings is 1. The summed E-state index contributed by atoms with van der Waals surface area (Å²) in [5, 5.41) is 8.60. The summed E-state index contributed by atoms with van der Waals surface area (Å²) in [5.74, 6) is 1.69. The fourth-order valence-corrected chi connectivity index (χ4v) is 5.75. The van der Waals surface area contributed by atoms with Crippen LogP contribution in [0.5, 0.6) is 11.6 Å². The maximum atomic E-state index is 14.1. The van der Waals surface area contributed by atoms with Crippen LogP contribution in [0.3, 0.4) is 0 Å². The van der Waals surface area contributed by atoms with Crippen molar-refractivity contribution in [3.8, 4) is 11.6 Å². The van der Waals surface area contributed by atoms with Crippen LogP contribution in [0.1, 0.15) is 31.4 Å². The fourth-order valence-electron chi connectivity index (χ4n) is 4.00. The summed E-state index contributed by atoms with van der Waals surface area (Å²) >= 11 is 3.59. The zero-order valence-electron chi connectivity index (χ0n) is 17.6. The molecule has 1 aliphatic heterocycles. The van der Waals surface area contributed by atoms with E-state index in [2.05, 4.69) is 36.1 Å². The Hall–Kier alpha value is -1.79. The highest BCUT2D eigenvalue weighted by molar-refractivity contribution is 9.10. The third-order valence-electron chi connectivity index (χ3n) is 6.18. The Morgan fingerprint density at radius 1 is 1.28 bits per heavy atom. The Kier molecular flexibility index (Phi) is 5.87. The van der Waals surface area contributed by atoms with Crippen molar-refractivity contribution < 1.29 is 18.2 Å². The Labute approximate surface area is 195 Å². The quantitative estimate of drug-likeness (QED) is 0.464. The molecule has 3 heterocycles. The number of hydrogen-bond acceptors (Lipinski definition) is 7. The molecule has 0 radical (unpaired) electrons. The molecule has 2 aliphatic rings. The number of benzene rings is 1. The first kappa shape index (κ1) is 22.0. The highest BCUT2D eigenvalue weighted by Gasteiger charge is 2.29. The van der Waals surface area contributed by atoms with Gasteiger partial charge in [-0.3, -0.25) is 14.0 Å². The molecule has 3 aromatic rings. The van der Waals surface area contributed by atoms with Crippen LogP contribution in [0, 0.1) is 11.7 Å². The average molecular weight is 526 g/mol. The maximum Gasteiger partial charge on any atom is 0.224 e. The van der Waals surface area contributed by atoms with E-state index < -0.39 is 16.4 Å². The van der Waals surface area contributed by atoms with Gasteiger partial charge in [0.2, 0.25) is 5.88 Å². The zero-order valence-corrected chi connectivity index (χ0v) is 20.0. The summed E-state index contributed by atoms with van der Waals surface area (Å²) in [6.45, 7) is 3.84. The van der Waals surface area contributed by atoms with Crippen molar-refractivity contribution >= 4 is 37.6 Å². The molecule has 32 heavy (non-hydrogen) atoms. The summed E-state index contributed by atoms with van der Waals surface area (Å²) in [7, 11) is -2.51. The molecule has 0 amide bonds. The predicted molar refractivity (Wildman–Crippen MR) is 125 cm³/mol. The van der Waals surface area contributed by atoms with Gasteiger partial charge in [0.15, 0.2) is 0 Å². The number of ether oxygens (including phenoxy) is 1. The molecule has 172 valence electrons. The van der Waals surface area contributed by atoms with Crippen LogP contribution in [-0.2, 0) is 6.54 Å². The molecule has 1 aliphatic carbocycles. The number of aromatic nitrogens is 4. The molecular weight excluding hydrogens is 501 g/mol. The lowest BCUT2D eigenvalue weighted by Crippen LogP contribution is -2.39. The lowest BCUT2D eigenvalue weighted by molar-refractivity contribution is 0.218. The molecule has 1 unspecified atom stereocenters. The SMILES string of the molecule is CC(c1cc(F)cnc1Oc1ccc2c(nnn2CC2CC2)c1Br)N1CCS(O)(O)CC1. The topological polar surface area (TPSA) is 96.5 Å². The van der Waals surface area contributed by atoms with Crippen molar-refractivity contribution in [3.05, 3.63) is 40.2 Å². The van der Waals surface area contributed by atoms with Crippen LogP contribution in [0.15, 0.2) is 28.9 Å². The van der Waals surface area contributed by atoms with E-state index in [-0.39, 0.29) is 6.04 Å². The molecule has 0 bridgehead atoms. The average Bonchev–Trinajstić information content (AvgIpc) is 3.49. The zero-order chi connectivity index (χ0) is 22.5. The normalized spacial score (nSPS) is 20.9. The molecule has 11 heteroatoms. The van der Waals surface area contributed by atoms with Crippen LogP contribution >= 0.6 is 26.5 Å². The Bertz CT molecular complexity index is 1150. The van der Waals surface area contributed by atoms with Gasteiger partial charge in [0.25, 0.3) is 0 Å². The third-order valence-corrected chi connectivity index (χ3v) is 8.62. The molecule has 1 atom stereocenters. The maximum absolute atomic E-state index is 14.1.